The molecule has 5 N–H and O–H groups in total. The molecule has 0 aromatic carbocycles. The van der Waals surface area contributed by atoms with Crippen molar-refractivity contribution in [3.8, 4) is 0 Å². The van der Waals surface area contributed by atoms with Gasteiger partial charge in [0, 0.05) is 17.3 Å². The van der Waals surface area contributed by atoms with Gasteiger partial charge < -0.3 is 36.0 Å². The molecule has 1 aromatic heterocycles. The molecule has 2 aliphatic heterocycles. The van der Waals surface area contributed by atoms with Crippen LogP contribution in [0.15, 0.2) is 28.6 Å². The number of hydrogen-bond acceptors (Lipinski definition) is 12. The van der Waals surface area contributed by atoms with Crippen LogP contribution in [0.3, 0.4) is 0 Å². The number of amides is 3. The van der Waals surface area contributed by atoms with Crippen molar-refractivity contribution in [2.75, 3.05) is 45.8 Å². The van der Waals surface area contributed by atoms with Gasteiger partial charge in [0.2, 0.25) is 11.5 Å². The zero-order chi connectivity index (χ0) is 25.9. The van der Waals surface area contributed by atoms with Gasteiger partial charge in [0.05, 0.1) is 32.3 Å². The topological polar surface area (TPSA) is 206 Å². The van der Waals surface area contributed by atoms with Crippen LogP contribution in [0.1, 0.15) is 5.82 Å². The van der Waals surface area contributed by atoms with E-state index in [1.807, 2.05) is 0 Å². The molecule has 3 rings (SSSR count). The van der Waals surface area contributed by atoms with E-state index in [4.69, 9.17) is 11.5 Å². The molecule has 1 saturated heterocycles. The van der Waals surface area contributed by atoms with E-state index in [1.54, 1.807) is 26.2 Å². The van der Waals surface area contributed by atoms with Crippen molar-refractivity contribution in [3.63, 3.8) is 0 Å². The monoisotopic (exact) mass is 524 g/mol. The summed E-state index contributed by atoms with van der Waals surface area (Å²) in [6.45, 7) is 0.515. The summed E-state index contributed by atoms with van der Waals surface area (Å²) in [6.07, 6.45) is 3.31. The lowest BCUT2D eigenvalue weighted by atomic mass is 10.0. The number of rotatable bonds is 10. The van der Waals surface area contributed by atoms with Crippen molar-refractivity contribution in [2.24, 2.45) is 10.9 Å². The van der Waals surface area contributed by atoms with Gasteiger partial charge in [0.15, 0.2) is 11.7 Å². The first-order valence-corrected chi connectivity index (χ1v) is 11.9. The van der Waals surface area contributed by atoms with E-state index >= 15 is 0 Å². The third-order valence-electron chi connectivity index (χ3n) is 5.03. The summed E-state index contributed by atoms with van der Waals surface area (Å²) >= 11 is 2.14. The molecule has 0 spiro atoms. The van der Waals surface area contributed by atoms with Gasteiger partial charge in [-0.3, -0.25) is 19.3 Å². The molecule has 2 atom stereocenters. The first-order chi connectivity index (χ1) is 16.4. The van der Waals surface area contributed by atoms with Crippen molar-refractivity contribution in [3.05, 3.63) is 29.2 Å². The number of nitrogens with two attached hydrogens (primary N) is 2. The van der Waals surface area contributed by atoms with Gasteiger partial charge in [-0.2, -0.15) is 9.36 Å². The lowest BCUT2D eigenvalue weighted by Gasteiger charge is -2.50. The normalized spacial score (nSPS) is 20.5. The summed E-state index contributed by atoms with van der Waals surface area (Å²) in [5.74, 6) is -3.17. The number of carbonyl (C=O) groups excluding carboxylic acids is 4. The van der Waals surface area contributed by atoms with Crippen LogP contribution in [0.4, 0.5) is 5.13 Å². The Bertz CT molecular complexity index is 1140. The number of aliphatic carboxylic acids is 1. The molecule has 16 heteroatoms. The van der Waals surface area contributed by atoms with E-state index < -0.39 is 35.1 Å². The van der Waals surface area contributed by atoms with Gasteiger partial charge in [-0.15, -0.1) is 11.8 Å². The van der Waals surface area contributed by atoms with E-state index in [0.29, 0.717) is 12.1 Å². The number of allylic oxidation sites excluding steroid dienone is 1. The largest absolute Gasteiger partial charge is 0.543 e. The summed E-state index contributed by atoms with van der Waals surface area (Å²) < 4.78 is 4.19. The molecule has 35 heavy (non-hydrogen) atoms. The Kier molecular flexibility index (Phi) is 7.76. The Labute approximate surface area is 208 Å². The van der Waals surface area contributed by atoms with Crippen molar-refractivity contribution < 1.29 is 33.6 Å². The predicted molar refractivity (Wildman–Crippen MR) is 125 cm³/mol. The number of quaternary nitrogens is 1. The second kappa shape index (κ2) is 10.4. The molecule has 188 valence electrons. The summed E-state index contributed by atoms with van der Waals surface area (Å²) in [7, 11) is 4.84. The van der Waals surface area contributed by atoms with Gasteiger partial charge in [0.25, 0.3) is 17.7 Å². The predicted octanol–water partition coefficient (Wildman–Crippen LogP) is -3.01. The van der Waals surface area contributed by atoms with Crippen LogP contribution in [0.2, 0.25) is 0 Å². The highest BCUT2D eigenvalue weighted by Crippen LogP contribution is 2.40. The fourth-order valence-electron chi connectivity index (χ4n) is 3.54. The second-order valence-corrected chi connectivity index (χ2v) is 10.1. The Balaban J connectivity index is 1.75. The zero-order valence-electron chi connectivity index (χ0n) is 19.1. The second-order valence-electron chi connectivity index (χ2n) is 8.25. The van der Waals surface area contributed by atoms with Gasteiger partial charge in [-0.1, -0.05) is 11.2 Å². The minimum absolute atomic E-state index is 0.0628. The molecule has 3 amide bonds. The maximum Gasteiger partial charge on any atom is 0.278 e. The minimum atomic E-state index is -1.51. The van der Waals surface area contributed by atoms with Gasteiger partial charge in [0.1, 0.15) is 18.5 Å². The summed E-state index contributed by atoms with van der Waals surface area (Å²) in [5.41, 5.74) is 10.7. The average molecular weight is 525 g/mol. The van der Waals surface area contributed by atoms with Gasteiger partial charge >= 0.3 is 0 Å². The third-order valence-corrected chi connectivity index (χ3v) is 6.88. The Morgan fingerprint density at radius 3 is 2.69 bits per heavy atom. The molecule has 0 unspecified atom stereocenters. The number of hydrogen-bond donors (Lipinski definition) is 3. The highest BCUT2D eigenvalue weighted by Gasteiger charge is 2.53. The molecular formula is C19H24N8O6S2. The number of aromatic nitrogens is 2. The van der Waals surface area contributed by atoms with E-state index in [1.165, 1.54) is 18.9 Å². The molecule has 0 bridgehead atoms. The fraction of sp³-hybridized carbons (Fsp3) is 0.421. The SMILES string of the molecule is CO/N=C(\C(=O)N[C@@H]1C(=O)N2C(C(=O)[O-])=C(/C=C\C[N+](C)(C)CC(N)=O)CS[C@H]12)c1nsc(N)n1. The summed E-state index contributed by atoms with van der Waals surface area (Å²) in [5, 5.41) is 17.5. The number of fused-ring (bicyclic) bond motifs is 1. The number of β-lactam (4-membered cyclic amide) rings is 1. The zero-order valence-corrected chi connectivity index (χ0v) is 20.7. The number of carboxylic acid groups (broad SMARTS) is 1. The Morgan fingerprint density at radius 2 is 2.11 bits per heavy atom. The highest BCUT2D eigenvalue weighted by atomic mass is 32.2. The molecule has 0 radical (unpaired) electrons. The van der Waals surface area contributed by atoms with Crippen LogP contribution >= 0.6 is 23.3 Å². The number of nitrogen functional groups attached to an aromatic ring is 1. The smallest absolute Gasteiger partial charge is 0.278 e. The number of likely N-dealkylation sites (N-methyl/N-ethyl adjacent to an activating group) is 1. The van der Waals surface area contributed by atoms with E-state index in [0.717, 1.165) is 16.4 Å². The molecule has 0 saturated carbocycles. The molecular weight excluding hydrogens is 500 g/mol. The Morgan fingerprint density at radius 1 is 1.40 bits per heavy atom. The molecule has 2 aliphatic rings. The van der Waals surface area contributed by atoms with E-state index in [9.17, 15) is 24.3 Å². The fourth-order valence-corrected chi connectivity index (χ4v) is 5.30. The average Bonchev–Trinajstić information content (AvgIpc) is 3.19. The maximum atomic E-state index is 12.8. The number of thioether (sulfide) groups is 1. The van der Waals surface area contributed by atoms with E-state index in [2.05, 4.69) is 24.7 Å². The molecule has 0 aliphatic carbocycles. The number of nitrogens with zero attached hydrogens (tertiary/aromatic N) is 5. The minimum Gasteiger partial charge on any atom is -0.543 e. The van der Waals surface area contributed by atoms with Gasteiger partial charge in [-0.25, -0.2) is 0 Å². The number of anilines is 1. The van der Waals surface area contributed by atoms with Crippen molar-refractivity contribution in [1.29, 1.82) is 0 Å². The summed E-state index contributed by atoms with van der Waals surface area (Å²) in [4.78, 5) is 58.3. The lowest BCUT2D eigenvalue weighted by Crippen LogP contribution is -2.71. The first kappa shape index (κ1) is 26.1. The van der Waals surface area contributed by atoms with Crippen LogP contribution in [0, 0.1) is 0 Å². The van der Waals surface area contributed by atoms with Crippen LogP contribution in [0.5, 0.6) is 0 Å². The number of oxime groups is 1. The van der Waals surface area contributed by atoms with Gasteiger partial charge in [-0.05, 0) is 11.6 Å². The highest BCUT2D eigenvalue weighted by molar-refractivity contribution is 8.00. The van der Waals surface area contributed by atoms with E-state index in [-0.39, 0.29) is 39.1 Å². The number of carbonyl (C=O) groups is 4. The third kappa shape index (κ3) is 5.77. The number of nitrogens with one attached hydrogen (secondary N) is 1. The molecule has 1 aromatic rings. The van der Waals surface area contributed by atoms with Crippen LogP contribution in [-0.4, -0.2) is 99.6 Å². The quantitative estimate of drug-likeness (QED) is 0.122. The number of carboxylic acids is 1. The van der Waals surface area contributed by atoms with Crippen molar-refractivity contribution in [2.45, 2.75) is 11.4 Å². The standard InChI is InChI=1S/C19H24N8O6S2/c1-27(2,7-10(20)28)6-4-5-9-8-34-17-12(16(30)26(17)13(9)18(31)32)22-15(29)11(24-33-3)14-23-19(21)35-25-14/h4-5,12,17H,6-8H2,1-3H3,(H5-,20,21,22,23,25,28,29,31,32)/b5-4-,24-11-/t12-,17-/m1/s1. The Hall–Kier alpha value is -3.50. The molecule has 3 heterocycles. The molecule has 14 nitrogen and oxygen atoms in total. The number of primary amides is 1. The maximum absolute atomic E-state index is 12.8. The van der Waals surface area contributed by atoms with Crippen LogP contribution < -0.4 is 21.9 Å². The lowest BCUT2D eigenvalue weighted by molar-refractivity contribution is -0.876. The van der Waals surface area contributed by atoms with Crippen LogP contribution in [0.25, 0.3) is 0 Å². The first-order valence-electron chi connectivity index (χ1n) is 10.1. The molecule has 1 fully saturated rings. The van der Waals surface area contributed by atoms with Crippen molar-refractivity contribution in [1.82, 2.24) is 19.6 Å². The van der Waals surface area contributed by atoms with Crippen molar-refractivity contribution >= 4 is 57.8 Å². The van der Waals surface area contributed by atoms with Crippen LogP contribution in [-0.2, 0) is 24.0 Å². The summed E-state index contributed by atoms with van der Waals surface area (Å²) in [6, 6.07) is -1.00.